The number of rotatable bonds is 4. The second-order valence-electron chi connectivity index (χ2n) is 6.07. The number of hydrogen-bond acceptors (Lipinski definition) is 3. The van der Waals surface area contributed by atoms with E-state index < -0.39 is 12.0 Å². The Labute approximate surface area is 151 Å². The fourth-order valence-corrected chi connectivity index (χ4v) is 3.71. The number of allylic oxidation sites excluding steroid dienone is 2. The maximum atomic E-state index is 14.3. The van der Waals surface area contributed by atoms with Crippen LogP contribution in [0, 0.1) is 0 Å². The van der Waals surface area contributed by atoms with E-state index in [1.807, 2.05) is 16.7 Å². The summed E-state index contributed by atoms with van der Waals surface area (Å²) in [5.41, 5.74) is 1.48. The number of anilines is 1. The molecule has 0 saturated heterocycles. The number of carboxylic acid groups (broad SMARTS) is 1. The zero-order chi connectivity index (χ0) is 16.8. The van der Waals surface area contributed by atoms with Crippen molar-refractivity contribution in [2.45, 2.75) is 31.3 Å². The number of carboxylic acids is 1. The van der Waals surface area contributed by atoms with E-state index in [4.69, 9.17) is 0 Å². The van der Waals surface area contributed by atoms with Gasteiger partial charge in [-0.25, -0.2) is 9.18 Å². The third kappa shape index (κ3) is 2.60. The Morgan fingerprint density at radius 1 is 1.46 bits per heavy atom. The number of nitrogens with one attached hydrogen (secondary N) is 1. The molecule has 1 saturated carbocycles. The molecule has 0 amide bonds. The Bertz CT molecular complexity index is 899. The van der Waals surface area contributed by atoms with Crippen molar-refractivity contribution in [1.29, 1.82) is 0 Å². The number of aromatic nitrogens is 2. The summed E-state index contributed by atoms with van der Waals surface area (Å²) in [6, 6.07) is 1.46. The first-order valence-electron chi connectivity index (χ1n) is 7.76. The molecule has 2 aromatic rings. The smallest absolute Gasteiger partial charge is 0.354 e. The number of fused-ring (bicyclic) bond motifs is 1. The standard InChI is InChI=1S/C17H15FIN3O2/c18-12-7-9(19)1-4-13(12)21-15-11-8-20-6-5-14(11)22(10-2-3-10)16(15)17(23)24/h1,5-8,10,13,21H,2-4H2,(H,23,24). The summed E-state index contributed by atoms with van der Waals surface area (Å²) in [5.74, 6) is -1.29. The minimum atomic E-state index is -1.01. The molecular weight excluding hydrogens is 424 g/mol. The molecule has 0 bridgehead atoms. The number of pyridine rings is 1. The van der Waals surface area contributed by atoms with Gasteiger partial charge in [0.05, 0.1) is 17.2 Å². The lowest BCUT2D eigenvalue weighted by atomic mass is 10.1. The second kappa shape index (κ2) is 5.87. The van der Waals surface area contributed by atoms with Gasteiger partial charge < -0.3 is 15.0 Å². The molecule has 5 nitrogen and oxygen atoms in total. The summed E-state index contributed by atoms with van der Waals surface area (Å²) in [6.45, 7) is 0. The summed E-state index contributed by atoms with van der Waals surface area (Å²) in [5, 5.41) is 13.6. The molecule has 4 rings (SSSR count). The molecule has 7 heteroatoms. The number of halogens is 2. The molecule has 0 aliphatic heterocycles. The van der Waals surface area contributed by atoms with Gasteiger partial charge in [0.25, 0.3) is 0 Å². The van der Waals surface area contributed by atoms with Crippen LogP contribution < -0.4 is 5.32 Å². The monoisotopic (exact) mass is 439 g/mol. The molecule has 0 aromatic carbocycles. The lowest BCUT2D eigenvalue weighted by Gasteiger charge is -2.20. The van der Waals surface area contributed by atoms with Crippen molar-refractivity contribution in [3.63, 3.8) is 0 Å². The van der Waals surface area contributed by atoms with Crippen LogP contribution in [0.15, 0.2) is 40.0 Å². The minimum absolute atomic E-state index is 0.192. The highest BCUT2D eigenvalue weighted by atomic mass is 127. The maximum absolute atomic E-state index is 14.3. The van der Waals surface area contributed by atoms with Crippen LogP contribution in [0.3, 0.4) is 0 Å². The first-order chi connectivity index (χ1) is 11.6. The van der Waals surface area contributed by atoms with Crippen molar-refractivity contribution in [3.05, 3.63) is 45.7 Å². The molecule has 24 heavy (non-hydrogen) atoms. The zero-order valence-electron chi connectivity index (χ0n) is 12.7. The zero-order valence-corrected chi connectivity index (χ0v) is 14.8. The van der Waals surface area contributed by atoms with Crippen molar-refractivity contribution < 1.29 is 14.3 Å². The summed E-state index contributed by atoms with van der Waals surface area (Å²) >= 11 is 2.07. The average Bonchev–Trinajstić information content (AvgIpc) is 3.33. The molecule has 1 atom stereocenters. The number of hydrogen-bond donors (Lipinski definition) is 2. The lowest BCUT2D eigenvalue weighted by molar-refractivity contribution is 0.0686. The first-order valence-corrected chi connectivity index (χ1v) is 8.84. The van der Waals surface area contributed by atoms with Crippen molar-refractivity contribution in [2.24, 2.45) is 0 Å². The van der Waals surface area contributed by atoms with Crippen LogP contribution in [0.25, 0.3) is 10.9 Å². The van der Waals surface area contributed by atoms with Gasteiger partial charge in [-0.3, -0.25) is 4.98 Å². The average molecular weight is 439 g/mol. The molecule has 0 radical (unpaired) electrons. The van der Waals surface area contributed by atoms with Gasteiger partial charge in [0, 0.05) is 27.4 Å². The van der Waals surface area contributed by atoms with E-state index >= 15 is 0 Å². The lowest BCUT2D eigenvalue weighted by Crippen LogP contribution is -2.23. The molecule has 1 unspecified atom stereocenters. The van der Waals surface area contributed by atoms with Crippen LogP contribution in [-0.4, -0.2) is 26.7 Å². The number of carbonyl (C=O) groups is 1. The fraction of sp³-hybridized carbons (Fsp3) is 0.294. The molecular formula is C17H15FIN3O2. The largest absolute Gasteiger partial charge is 0.477 e. The highest BCUT2D eigenvalue weighted by Gasteiger charge is 2.33. The fourth-order valence-electron chi connectivity index (χ4n) is 3.16. The molecule has 2 aliphatic carbocycles. The Balaban J connectivity index is 1.84. The summed E-state index contributed by atoms with van der Waals surface area (Å²) in [7, 11) is 0. The van der Waals surface area contributed by atoms with E-state index in [2.05, 4.69) is 32.9 Å². The first kappa shape index (κ1) is 15.6. The van der Waals surface area contributed by atoms with E-state index in [-0.39, 0.29) is 17.6 Å². The van der Waals surface area contributed by atoms with Gasteiger partial charge in [0.2, 0.25) is 0 Å². The summed E-state index contributed by atoms with van der Waals surface area (Å²) in [4.78, 5) is 16.0. The minimum Gasteiger partial charge on any atom is -0.477 e. The molecule has 2 N–H and O–H groups in total. The normalized spacial score (nSPS) is 20.7. The topological polar surface area (TPSA) is 67.2 Å². The predicted octanol–water partition coefficient (Wildman–Crippen LogP) is 4.43. The molecule has 124 valence electrons. The summed E-state index contributed by atoms with van der Waals surface area (Å²) < 4.78 is 17.0. The highest BCUT2D eigenvalue weighted by Crippen LogP contribution is 2.43. The van der Waals surface area contributed by atoms with Gasteiger partial charge >= 0.3 is 5.97 Å². The van der Waals surface area contributed by atoms with Gasteiger partial charge in [0.1, 0.15) is 5.83 Å². The Morgan fingerprint density at radius 3 is 2.92 bits per heavy atom. The highest BCUT2D eigenvalue weighted by molar-refractivity contribution is 14.1. The van der Waals surface area contributed by atoms with Gasteiger partial charge in [-0.05, 0) is 54.0 Å². The number of aromatic carboxylic acids is 1. The van der Waals surface area contributed by atoms with Gasteiger partial charge in [-0.15, -0.1) is 0 Å². The van der Waals surface area contributed by atoms with Crippen molar-refractivity contribution >= 4 is 45.2 Å². The molecule has 0 spiro atoms. The second-order valence-corrected chi connectivity index (χ2v) is 7.32. The Morgan fingerprint density at radius 2 is 2.25 bits per heavy atom. The third-order valence-electron chi connectivity index (χ3n) is 4.40. The van der Waals surface area contributed by atoms with Crippen LogP contribution in [0.1, 0.15) is 35.8 Å². The molecule has 2 aromatic heterocycles. The third-order valence-corrected chi connectivity index (χ3v) is 5.15. The van der Waals surface area contributed by atoms with Gasteiger partial charge in [-0.1, -0.05) is 6.08 Å². The SMILES string of the molecule is O=C(O)c1c(NC2CC=C(I)C=C2F)c2cnccc2n1C1CC1. The molecule has 1 fully saturated rings. The van der Waals surface area contributed by atoms with E-state index in [0.717, 1.165) is 27.3 Å². The van der Waals surface area contributed by atoms with E-state index in [0.29, 0.717) is 12.1 Å². The van der Waals surface area contributed by atoms with E-state index in [1.54, 1.807) is 12.4 Å². The van der Waals surface area contributed by atoms with Crippen LogP contribution >= 0.6 is 22.6 Å². The molecule has 2 heterocycles. The van der Waals surface area contributed by atoms with Crippen molar-refractivity contribution in [2.75, 3.05) is 5.32 Å². The van der Waals surface area contributed by atoms with Crippen molar-refractivity contribution in [1.82, 2.24) is 9.55 Å². The Hall–Kier alpha value is -1.90. The van der Waals surface area contributed by atoms with Crippen LogP contribution in [0.2, 0.25) is 0 Å². The van der Waals surface area contributed by atoms with Crippen LogP contribution in [-0.2, 0) is 0 Å². The van der Waals surface area contributed by atoms with Gasteiger partial charge in [0.15, 0.2) is 5.69 Å². The predicted molar refractivity (Wildman–Crippen MR) is 98.3 cm³/mol. The van der Waals surface area contributed by atoms with E-state index in [9.17, 15) is 14.3 Å². The summed E-state index contributed by atoms with van der Waals surface area (Å²) in [6.07, 6.45) is 9.11. The van der Waals surface area contributed by atoms with Crippen molar-refractivity contribution in [3.8, 4) is 0 Å². The van der Waals surface area contributed by atoms with Crippen LogP contribution in [0.5, 0.6) is 0 Å². The number of nitrogens with zero attached hydrogens (tertiary/aromatic N) is 2. The van der Waals surface area contributed by atoms with Gasteiger partial charge in [-0.2, -0.15) is 0 Å². The van der Waals surface area contributed by atoms with E-state index in [1.165, 1.54) is 6.08 Å². The maximum Gasteiger partial charge on any atom is 0.354 e. The quantitative estimate of drug-likeness (QED) is 0.693. The van der Waals surface area contributed by atoms with Crippen LogP contribution in [0.4, 0.5) is 10.1 Å². The molecule has 2 aliphatic rings. The Kier molecular flexibility index (Phi) is 3.82.